The van der Waals surface area contributed by atoms with Crippen LogP contribution in [0.3, 0.4) is 0 Å². The van der Waals surface area contributed by atoms with Gasteiger partial charge in [-0.1, -0.05) is 47.1 Å². The fraction of sp³-hybridized carbons (Fsp3) is 0.333. The smallest absolute Gasteiger partial charge is 0.254 e. The van der Waals surface area contributed by atoms with Gasteiger partial charge in [-0.15, -0.1) is 0 Å². The van der Waals surface area contributed by atoms with Gasteiger partial charge in [0.05, 0.1) is 12.1 Å². The Balaban J connectivity index is 1.51. The SMILES string of the molecule is O=C(c1ccc(Cl)cc1)N(Cc1c(-c2ccccc2)noc1N1CCCC1)C1CC1. The van der Waals surface area contributed by atoms with Gasteiger partial charge in [-0.3, -0.25) is 4.79 Å². The predicted octanol–water partition coefficient (Wildman–Crippen LogP) is 5.40. The number of benzene rings is 2. The van der Waals surface area contributed by atoms with E-state index in [2.05, 4.69) is 10.1 Å². The monoisotopic (exact) mass is 421 g/mol. The number of nitrogens with zero attached hydrogens (tertiary/aromatic N) is 3. The lowest BCUT2D eigenvalue weighted by Gasteiger charge is -2.24. The highest BCUT2D eigenvalue weighted by Gasteiger charge is 2.36. The quantitative estimate of drug-likeness (QED) is 0.534. The van der Waals surface area contributed by atoms with E-state index in [9.17, 15) is 4.79 Å². The minimum atomic E-state index is 0.0294. The number of carbonyl (C=O) groups is 1. The van der Waals surface area contributed by atoms with Crippen LogP contribution < -0.4 is 4.90 Å². The molecule has 5 rings (SSSR count). The highest BCUT2D eigenvalue weighted by atomic mass is 35.5. The van der Waals surface area contributed by atoms with Crippen molar-refractivity contribution in [2.24, 2.45) is 0 Å². The number of amides is 1. The van der Waals surface area contributed by atoms with Crippen LogP contribution in [0.15, 0.2) is 59.1 Å². The Morgan fingerprint density at radius 2 is 1.77 bits per heavy atom. The maximum atomic E-state index is 13.4. The fourth-order valence-corrected chi connectivity index (χ4v) is 4.24. The molecule has 1 saturated heterocycles. The second-order valence-electron chi connectivity index (χ2n) is 8.05. The molecular formula is C24H24ClN3O2. The van der Waals surface area contributed by atoms with Crippen molar-refractivity contribution < 1.29 is 9.32 Å². The average molecular weight is 422 g/mol. The Morgan fingerprint density at radius 3 is 2.43 bits per heavy atom. The zero-order valence-electron chi connectivity index (χ0n) is 16.8. The van der Waals surface area contributed by atoms with Crippen molar-refractivity contribution in [3.05, 3.63) is 70.7 Å². The highest BCUT2D eigenvalue weighted by molar-refractivity contribution is 6.30. The molecule has 5 nitrogen and oxygen atoms in total. The summed E-state index contributed by atoms with van der Waals surface area (Å²) in [7, 11) is 0. The number of carbonyl (C=O) groups excluding carboxylic acids is 1. The van der Waals surface area contributed by atoms with Gasteiger partial charge in [0.1, 0.15) is 5.69 Å². The minimum Gasteiger partial charge on any atom is -0.340 e. The zero-order chi connectivity index (χ0) is 20.5. The van der Waals surface area contributed by atoms with Crippen LogP contribution in [0.5, 0.6) is 0 Å². The van der Waals surface area contributed by atoms with Crippen molar-refractivity contribution in [2.45, 2.75) is 38.3 Å². The molecule has 2 aliphatic rings. The molecule has 0 unspecified atom stereocenters. The van der Waals surface area contributed by atoms with E-state index in [-0.39, 0.29) is 11.9 Å². The molecule has 2 aromatic carbocycles. The molecule has 0 N–H and O–H groups in total. The molecule has 0 bridgehead atoms. The van der Waals surface area contributed by atoms with E-state index in [1.54, 1.807) is 24.3 Å². The van der Waals surface area contributed by atoms with Gasteiger partial charge in [0.25, 0.3) is 5.91 Å². The second-order valence-corrected chi connectivity index (χ2v) is 8.48. The molecule has 1 saturated carbocycles. The second kappa shape index (κ2) is 8.15. The molecular weight excluding hydrogens is 398 g/mol. The molecule has 2 fully saturated rings. The number of anilines is 1. The van der Waals surface area contributed by atoms with Crippen LogP contribution in [0.4, 0.5) is 5.88 Å². The maximum absolute atomic E-state index is 13.4. The first-order valence-corrected chi connectivity index (χ1v) is 10.9. The summed E-state index contributed by atoms with van der Waals surface area (Å²) in [6.45, 7) is 2.42. The van der Waals surface area contributed by atoms with E-state index >= 15 is 0 Å². The third-order valence-electron chi connectivity index (χ3n) is 5.88. The predicted molar refractivity (Wildman–Crippen MR) is 118 cm³/mol. The molecule has 1 aromatic heterocycles. The molecule has 6 heteroatoms. The Morgan fingerprint density at radius 1 is 1.07 bits per heavy atom. The normalized spacial score (nSPS) is 16.1. The van der Waals surface area contributed by atoms with Gasteiger partial charge in [0.2, 0.25) is 5.88 Å². The van der Waals surface area contributed by atoms with E-state index in [0.29, 0.717) is 17.1 Å². The first-order valence-electron chi connectivity index (χ1n) is 10.6. The molecule has 3 aromatic rings. The van der Waals surface area contributed by atoms with Crippen molar-refractivity contribution >= 4 is 23.4 Å². The molecule has 1 amide bonds. The van der Waals surface area contributed by atoms with Gasteiger partial charge in [-0.05, 0) is 49.9 Å². The van der Waals surface area contributed by atoms with Crippen LogP contribution in [0.25, 0.3) is 11.3 Å². The summed E-state index contributed by atoms with van der Waals surface area (Å²) in [5, 5.41) is 5.07. The Bertz CT molecular complexity index is 1020. The van der Waals surface area contributed by atoms with E-state index in [1.165, 1.54) is 0 Å². The topological polar surface area (TPSA) is 49.6 Å². The number of rotatable bonds is 6. The summed E-state index contributed by atoms with van der Waals surface area (Å²) in [6, 6.07) is 17.5. The lowest BCUT2D eigenvalue weighted by molar-refractivity contribution is 0.0730. The van der Waals surface area contributed by atoms with Crippen LogP contribution in [-0.2, 0) is 6.54 Å². The standard InChI is InChI=1S/C24H24ClN3O2/c25-19-10-8-18(9-11-19)23(29)28(20-12-13-20)16-21-22(17-6-2-1-3-7-17)26-30-24(21)27-14-4-5-15-27/h1-3,6-11,20H,4-5,12-16H2. The van der Waals surface area contributed by atoms with Crippen molar-refractivity contribution in [3.63, 3.8) is 0 Å². The molecule has 2 heterocycles. The zero-order valence-corrected chi connectivity index (χ0v) is 17.5. The molecule has 0 spiro atoms. The van der Waals surface area contributed by atoms with E-state index in [1.807, 2.05) is 35.2 Å². The van der Waals surface area contributed by atoms with Crippen LogP contribution in [0, 0.1) is 0 Å². The van der Waals surface area contributed by atoms with Gasteiger partial charge in [0, 0.05) is 35.3 Å². The molecule has 1 aliphatic carbocycles. The largest absolute Gasteiger partial charge is 0.340 e. The van der Waals surface area contributed by atoms with Crippen molar-refractivity contribution in [1.82, 2.24) is 10.1 Å². The summed E-state index contributed by atoms with van der Waals surface area (Å²) >= 11 is 6.02. The van der Waals surface area contributed by atoms with Crippen LogP contribution in [-0.4, -0.2) is 35.1 Å². The third kappa shape index (κ3) is 3.82. The van der Waals surface area contributed by atoms with Gasteiger partial charge in [0.15, 0.2) is 0 Å². The van der Waals surface area contributed by atoms with Crippen molar-refractivity contribution in [1.29, 1.82) is 0 Å². The highest BCUT2D eigenvalue weighted by Crippen LogP contribution is 2.37. The summed E-state index contributed by atoms with van der Waals surface area (Å²) in [5.74, 6) is 0.836. The lowest BCUT2D eigenvalue weighted by Crippen LogP contribution is -2.33. The Labute approximate surface area is 181 Å². The Hall–Kier alpha value is -2.79. The number of hydrogen-bond donors (Lipinski definition) is 0. The van der Waals surface area contributed by atoms with Crippen LogP contribution in [0.1, 0.15) is 41.6 Å². The Kier molecular flexibility index (Phi) is 5.21. The fourth-order valence-electron chi connectivity index (χ4n) is 4.12. The summed E-state index contributed by atoms with van der Waals surface area (Å²) < 4.78 is 5.86. The third-order valence-corrected chi connectivity index (χ3v) is 6.13. The first kappa shape index (κ1) is 19.2. The van der Waals surface area contributed by atoms with Crippen molar-refractivity contribution in [2.75, 3.05) is 18.0 Å². The molecule has 0 radical (unpaired) electrons. The van der Waals surface area contributed by atoms with Gasteiger partial charge in [-0.2, -0.15) is 0 Å². The minimum absolute atomic E-state index is 0.0294. The molecule has 30 heavy (non-hydrogen) atoms. The van der Waals surface area contributed by atoms with Crippen LogP contribution >= 0.6 is 11.6 Å². The van der Waals surface area contributed by atoms with Gasteiger partial charge >= 0.3 is 0 Å². The molecule has 0 atom stereocenters. The average Bonchev–Trinajstić information content (AvgIpc) is 3.30. The first-order chi connectivity index (χ1) is 14.7. The van der Waals surface area contributed by atoms with Crippen LogP contribution in [0.2, 0.25) is 5.02 Å². The molecule has 154 valence electrons. The summed E-state index contributed by atoms with van der Waals surface area (Å²) in [4.78, 5) is 17.6. The maximum Gasteiger partial charge on any atom is 0.254 e. The number of hydrogen-bond acceptors (Lipinski definition) is 4. The van der Waals surface area contributed by atoms with Gasteiger partial charge in [-0.25, -0.2) is 0 Å². The van der Waals surface area contributed by atoms with E-state index in [0.717, 1.165) is 61.5 Å². The summed E-state index contributed by atoms with van der Waals surface area (Å²) in [5.41, 5.74) is 3.49. The van der Waals surface area contributed by atoms with Crippen molar-refractivity contribution in [3.8, 4) is 11.3 Å². The number of halogens is 1. The van der Waals surface area contributed by atoms with Gasteiger partial charge < -0.3 is 14.3 Å². The van der Waals surface area contributed by atoms with E-state index < -0.39 is 0 Å². The number of aromatic nitrogens is 1. The van der Waals surface area contributed by atoms with E-state index in [4.69, 9.17) is 16.1 Å². The molecule has 1 aliphatic heterocycles. The lowest BCUT2D eigenvalue weighted by atomic mass is 10.1. The summed E-state index contributed by atoms with van der Waals surface area (Å²) in [6.07, 6.45) is 4.36.